The lowest BCUT2D eigenvalue weighted by molar-refractivity contribution is -0.384. The maximum absolute atomic E-state index is 12.2. The third-order valence-electron chi connectivity index (χ3n) is 2.32. The third-order valence-corrected chi connectivity index (χ3v) is 5.56. The predicted octanol–water partition coefficient (Wildman–Crippen LogP) is 0.983. The van der Waals surface area contributed by atoms with E-state index in [1.807, 2.05) is 0 Å². The summed E-state index contributed by atoms with van der Waals surface area (Å²) >= 11 is 0.646. The van der Waals surface area contributed by atoms with E-state index in [9.17, 15) is 23.3 Å². The van der Waals surface area contributed by atoms with Crippen molar-refractivity contribution in [2.45, 2.75) is 9.10 Å². The summed E-state index contributed by atoms with van der Waals surface area (Å²) in [5, 5.41) is 10.4. The minimum Gasteiger partial charge on any atom is -0.364 e. The summed E-state index contributed by atoms with van der Waals surface area (Å²) in [5.74, 6) is -0.819. The number of nitro groups is 1. The fourth-order valence-corrected chi connectivity index (χ4v) is 3.75. The van der Waals surface area contributed by atoms with Crippen LogP contribution >= 0.6 is 11.3 Å². The Balaban J connectivity index is 2.43. The quantitative estimate of drug-likeness (QED) is 0.660. The molecule has 0 saturated carbocycles. The Bertz CT molecular complexity index is 779. The molecule has 0 aliphatic rings. The monoisotopic (exact) mass is 313 g/mol. The Hall–Kier alpha value is -2.33. The molecule has 1 aromatic heterocycles. The summed E-state index contributed by atoms with van der Waals surface area (Å²) < 4.78 is 24.2. The van der Waals surface area contributed by atoms with Crippen molar-refractivity contribution in [3.63, 3.8) is 0 Å². The first-order chi connectivity index (χ1) is 9.32. The second-order valence-electron chi connectivity index (χ2n) is 3.60. The molecule has 2 aromatic rings. The number of non-ortho nitro benzene ring substituents is 1. The van der Waals surface area contributed by atoms with E-state index >= 15 is 0 Å². The fraction of sp³-hybridized carbons (Fsp3) is 0. The summed E-state index contributed by atoms with van der Waals surface area (Å²) in [6, 6.07) is 4.42. The lowest BCUT2D eigenvalue weighted by atomic mass is 10.3. The highest BCUT2D eigenvalue weighted by atomic mass is 32.2. The van der Waals surface area contributed by atoms with Crippen molar-refractivity contribution in [1.82, 2.24) is 4.98 Å². The molecule has 10 heteroatoms. The molecule has 0 saturated heterocycles. The maximum atomic E-state index is 12.2. The number of carbonyl (C=O) groups is 1. The van der Waals surface area contributed by atoms with Crippen molar-refractivity contribution in [2.75, 3.05) is 0 Å². The van der Waals surface area contributed by atoms with Gasteiger partial charge in [0.25, 0.3) is 11.6 Å². The standard InChI is InChI=1S/C10H7N3O5S2/c11-9(14)10-12-5-8(19-10)20(17,18)7-3-1-6(2-4-7)13(15)16/h1-5H,(H2,11,14). The van der Waals surface area contributed by atoms with Gasteiger partial charge in [-0.1, -0.05) is 11.3 Å². The normalized spacial score (nSPS) is 11.2. The number of nitrogens with two attached hydrogens (primary N) is 1. The second-order valence-corrected chi connectivity index (χ2v) is 6.81. The van der Waals surface area contributed by atoms with Crippen molar-refractivity contribution >= 4 is 32.8 Å². The Morgan fingerprint density at radius 1 is 1.30 bits per heavy atom. The van der Waals surface area contributed by atoms with Gasteiger partial charge in [-0.15, -0.1) is 0 Å². The van der Waals surface area contributed by atoms with Gasteiger partial charge in [-0.3, -0.25) is 14.9 Å². The molecule has 0 spiro atoms. The molecule has 0 aliphatic heterocycles. The smallest absolute Gasteiger partial charge is 0.277 e. The van der Waals surface area contributed by atoms with Crippen LogP contribution in [0.15, 0.2) is 39.6 Å². The number of rotatable bonds is 4. The molecule has 2 N–H and O–H groups in total. The number of aromatic nitrogens is 1. The third kappa shape index (κ3) is 2.51. The van der Waals surface area contributed by atoms with Gasteiger partial charge in [-0.25, -0.2) is 13.4 Å². The Morgan fingerprint density at radius 2 is 1.90 bits per heavy atom. The molecule has 0 radical (unpaired) electrons. The van der Waals surface area contributed by atoms with E-state index in [1.165, 1.54) is 0 Å². The van der Waals surface area contributed by atoms with E-state index in [-0.39, 0.29) is 19.8 Å². The van der Waals surface area contributed by atoms with Crippen LogP contribution in [0.3, 0.4) is 0 Å². The number of nitro benzene ring substituents is 1. The van der Waals surface area contributed by atoms with E-state index in [2.05, 4.69) is 4.98 Å². The van der Waals surface area contributed by atoms with Crippen LogP contribution in [0, 0.1) is 10.1 Å². The highest BCUT2D eigenvalue weighted by molar-refractivity contribution is 7.93. The van der Waals surface area contributed by atoms with Crippen LogP contribution in [0.1, 0.15) is 9.80 Å². The van der Waals surface area contributed by atoms with E-state index in [1.54, 1.807) is 0 Å². The lowest BCUT2D eigenvalue weighted by Gasteiger charge is -2.00. The average Bonchev–Trinajstić information content (AvgIpc) is 2.89. The van der Waals surface area contributed by atoms with Gasteiger partial charge >= 0.3 is 0 Å². The van der Waals surface area contributed by atoms with Crippen molar-refractivity contribution in [2.24, 2.45) is 5.73 Å². The van der Waals surface area contributed by atoms with Crippen LogP contribution in [0.2, 0.25) is 0 Å². The molecule has 1 amide bonds. The van der Waals surface area contributed by atoms with Crippen molar-refractivity contribution in [3.05, 3.63) is 45.6 Å². The van der Waals surface area contributed by atoms with Crippen LogP contribution in [-0.4, -0.2) is 24.2 Å². The molecule has 20 heavy (non-hydrogen) atoms. The number of thiazole rings is 1. The molecule has 1 heterocycles. The molecular formula is C10H7N3O5S2. The number of primary amides is 1. The average molecular weight is 313 g/mol. The highest BCUT2D eigenvalue weighted by Gasteiger charge is 2.22. The predicted molar refractivity (Wildman–Crippen MR) is 69.2 cm³/mol. The number of carbonyl (C=O) groups excluding carboxylic acids is 1. The van der Waals surface area contributed by atoms with E-state index in [0.29, 0.717) is 11.3 Å². The van der Waals surface area contributed by atoms with Gasteiger partial charge in [-0.05, 0) is 12.1 Å². The first-order valence-corrected chi connectivity index (χ1v) is 7.37. The topological polar surface area (TPSA) is 133 Å². The Kier molecular flexibility index (Phi) is 3.51. The van der Waals surface area contributed by atoms with Crippen LogP contribution in [0.25, 0.3) is 0 Å². The zero-order chi connectivity index (χ0) is 14.9. The van der Waals surface area contributed by atoms with Crippen LogP contribution in [0.4, 0.5) is 5.69 Å². The van der Waals surface area contributed by atoms with E-state index < -0.39 is 20.7 Å². The largest absolute Gasteiger partial charge is 0.364 e. The lowest BCUT2D eigenvalue weighted by Crippen LogP contribution is -2.09. The van der Waals surface area contributed by atoms with Gasteiger partial charge in [-0.2, -0.15) is 0 Å². The van der Waals surface area contributed by atoms with Gasteiger partial charge in [0.05, 0.1) is 16.0 Å². The van der Waals surface area contributed by atoms with Crippen molar-refractivity contribution in [3.8, 4) is 0 Å². The molecule has 0 bridgehead atoms. The Labute approximate surface area is 116 Å². The molecule has 1 aromatic carbocycles. The molecule has 0 atom stereocenters. The second kappa shape index (κ2) is 4.98. The number of hydrogen-bond donors (Lipinski definition) is 1. The van der Waals surface area contributed by atoms with Crippen LogP contribution < -0.4 is 5.73 Å². The number of hydrogen-bond acceptors (Lipinski definition) is 7. The summed E-state index contributed by atoms with van der Waals surface area (Å²) in [5.41, 5.74) is 4.78. The summed E-state index contributed by atoms with van der Waals surface area (Å²) in [6.07, 6.45) is 1.03. The first kappa shape index (κ1) is 14.1. The minimum atomic E-state index is -3.87. The van der Waals surface area contributed by atoms with Crippen LogP contribution in [-0.2, 0) is 9.84 Å². The van der Waals surface area contributed by atoms with Crippen LogP contribution in [0.5, 0.6) is 0 Å². The highest BCUT2D eigenvalue weighted by Crippen LogP contribution is 2.27. The summed E-state index contributed by atoms with van der Waals surface area (Å²) in [4.78, 5) is 24.3. The zero-order valence-electron chi connectivity index (χ0n) is 9.72. The number of amides is 1. The van der Waals surface area contributed by atoms with Gasteiger partial charge in [0.15, 0.2) is 5.01 Å². The summed E-state index contributed by atoms with van der Waals surface area (Å²) in [7, 11) is -3.87. The number of nitrogens with zero attached hydrogens (tertiary/aromatic N) is 2. The fourth-order valence-electron chi connectivity index (χ4n) is 1.36. The molecule has 0 aliphatic carbocycles. The Morgan fingerprint density at radius 3 is 2.35 bits per heavy atom. The van der Waals surface area contributed by atoms with E-state index in [0.717, 1.165) is 30.5 Å². The number of benzene rings is 1. The van der Waals surface area contributed by atoms with Gasteiger partial charge in [0.1, 0.15) is 4.21 Å². The van der Waals surface area contributed by atoms with Gasteiger partial charge in [0, 0.05) is 12.1 Å². The zero-order valence-corrected chi connectivity index (χ0v) is 11.3. The van der Waals surface area contributed by atoms with E-state index in [4.69, 9.17) is 5.73 Å². The van der Waals surface area contributed by atoms with Gasteiger partial charge in [0.2, 0.25) is 9.84 Å². The molecule has 104 valence electrons. The first-order valence-electron chi connectivity index (χ1n) is 5.07. The summed E-state index contributed by atoms with van der Waals surface area (Å²) in [6.45, 7) is 0. The van der Waals surface area contributed by atoms with Crippen molar-refractivity contribution < 1.29 is 18.1 Å². The molecule has 8 nitrogen and oxygen atoms in total. The maximum Gasteiger partial charge on any atom is 0.277 e. The molecule has 0 fully saturated rings. The molecule has 2 rings (SSSR count). The van der Waals surface area contributed by atoms with Gasteiger partial charge < -0.3 is 5.73 Å². The SMILES string of the molecule is NC(=O)c1ncc(S(=O)(=O)c2ccc([N+](=O)[O-])cc2)s1. The molecular weight excluding hydrogens is 306 g/mol. The van der Waals surface area contributed by atoms with Crippen molar-refractivity contribution in [1.29, 1.82) is 0 Å². The molecule has 0 unspecified atom stereocenters. The number of sulfone groups is 1. The minimum absolute atomic E-state index is 0.120.